The summed E-state index contributed by atoms with van der Waals surface area (Å²) in [6.07, 6.45) is 2.67. The van der Waals surface area contributed by atoms with Gasteiger partial charge in [-0.1, -0.05) is 6.92 Å². The van der Waals surface area contributed by atoms with Crippen LogP contribution >= 0.6 is 0 Å². The van der Waals surface area contributed by atoms with Crippen molar-refractivity contribution < 1.29 is 9.84 Å². The van der Waals surface area contributed by atoms with Crippen LogP contribution in [0.4, 0.5) is 11.8 Å². The molecule has 0 radical (unpaired) electrons. The molecule has 0 aliphatic carbocycles. The lowest BCUT2D eigenvalue weighted by atomic mass is 10.3. The smallest absolute Gasteiger partial charge is 0.224 e. The molecule has 0 bridgehead atoms. The summed E-state index contributed by atoms with van der Waals surface area (Å²) in [5.74, 6) is 1.53. The Morgan fingerprint density at radius 2 is 2.50 bits per heavy atom. The van der Waals surface area contributed by atoms with Crippen LogP contribution in [0.5, 0.6) is 0 Å². The Morgan fingerprint density at radius 1 is 1.61 bits per heavy atom. The molecule has 1 saturated heterocycles. The van der Waals surface area contributed by atoms with E-state index in [9.17, 15) is 0 Å². The molecule has 1 unspecified atom stereocenters. The molecule has 6 nitrogen and oxygen atoms in total. The maximum atomic E-state index is 9.13. The molecule has 0 aromatic carbocycles. The monoisotopic (exact) mass is 252 g/mol. The Morgan fingerprint density at radius 3 is 3.28 bits per heavy atom. The van der Waals surface area contributed by atoms with Crippen LogP contribution in [0, 0.1) is 0 Å². The van der Waals surface area contributed by atoms with Crippen molar-refractivity contribution in [3.8, 4) is 0 Å². The summed E-state index contributed by atoms with van der Waals surface area (Å²) in [5.41, 5.74) is 0. The Kier molecular flexibility index (Phi) is 4.72. The minimum atomic E-state index is -0.124. The average molecular weight is 252 g/mol. The van der Waals surface area contributed by atoms with E-state index in [2.05, 4.69) is 27.1 Å². The zero-order chi connectivity index (χ0) is 12.8. The van der Waals surface area contributed by atoms with Crippen LogP contribution in [0.15, 0.2) is 12.3 Å². The van der Waals surface area contributed by atoms with Crippen molar-refractivity contribution in [2.45, 2.75) is 19.4 Å². The first-order valence-corrected chi connectivity index (χ1v) is 6.37. The summed E-state index contributed by atoms with van der Waals surface area (Å²) in [6.45, 7) is 5.09. The molecule has 6 heteroatoms. The third kappa shape index (κ3) is 3.30. The van der Waals surface area contributed by atoms with E-state index in [1.54, 1.807) is 6.20 Å². The van der Waals surface area contributed by atoms with Crippen LogP contribution < -0.4 is 10.2 Å². The van der Waals surface area contributed by atoms with Gasteiger partial charge in [0.1, 0.15) is 5.82 Å². The summed E-state index contributed by atoms with van der Waals surface area (Å²) in [4.78, 5) is 10.8. The van der Waals surface area contributed by atoms with Crippen molar-refractivity contribution in [2.24, 2.45) is 0 Å². The van der Waals surface area contributed by atoms with Gasteiger partial charge in [-0.05, 0) is 12.5 Å². The van der Waals surface area contributed by atoms with Crippen molar-refractivity contribution in [3.63, 3.8) is 0 Å². The molecule has 1 aromatic rings. The van der Waals surface area contributed by atoms with E-state index in [1.165, 1.54) is 0 Å². The number of aliphatic hydroxyl groups excluding tert-OH is 1. The molecular weight excluding hydrogens is 232 g/mol. The number of morpholine rings is 1. The van der Waals surface area contributed by atoms with Gasteiger partial charge >= 0.3 is 0 Å². The van der Waals surface area contributed by atoms with E-state index in [-0.39, 0.29) is 12.7 Å². The molecule has 1 aliphatic rings. The largest absolute Gasteiger partial charge is 0.394 e. The molecule has 2 heterocycles. The highest BCUT2D eigenvalue weighted by Crippen LogP contribution is 2.15. The summed E-state index contributed by atoms with van der Waals surface area (Å²) in [7, 11) is 0. The summed E-state index contributed by atoms with van der Waals surface area (Å²) in [5, 5.41) is 12.3. The molecule has 0 saturated carbocycles. The number of hydrogen-bond donors (Lipinski definition) is 2. The fourth-order valence-corrected chi connectivity index (χ4v) is 1.89. The number of aromatic nitrogens is 2. The van der Waals surface area contributed by atoms with Gasteiger partial charge in [0.25, 0.3) is 0 Å². The lowest BCUT2D eigenvalue weighted by Gasteiger charge is -2.32. The van der Waals surface area contributed by atoms with Crippen LogP contribution in [0.25, 0.3) is 0 Å². The number of rotatable bonds is 5. The van der Waals surface area contributed by atoms with Crippen molar-refractivity contribution >= 4 is 11.8 Å². The zero-order valence-corrected chi connectivity index (χ0v) is 10.7. The summed E-state index contributed by atoms with van der Waals surface area (Å²) in [6, 6.07) is 1.89. The van der Waals surface area contributed by atoms with E-state index >= 15 is 0 Å². The van der Waals surface area contributed by atoms with Crippen LogP contribution in [-0.2, 0) is 4.74 Å². The first-order valence-electron chi connectivity index (χ1n) is 6.37. The first-order chi connectivity index (χ1) is 8.83. The van der Waals surface area contributed by atoms with E-state index in [1.807, 2.05) is 6.07 Å². The van der Waals surface area contributed by atoms with Crippen molar-refractivity contribution in [1.82, 2.24) is 9.97 Å². The normalized spacial score (nSPS) is 19.9. The highest BCUT2D eigenvalue weighted by molar-refractivity contribution is 5.42. The van der Waals surface area contributed by atoms with Gasteiger partial charge < -0.3 is 20.1 Å². The van der Waals surface area contributed by atoms with Crippen LogP contribution in [0.3, 0.4) is 0 Å². The van der Waals surface area contributed by atoms with Crippen LogP contribution in [0.2, 0.25) is 0 Å². The lowest BCUT2D eigenvalue weighted by molar-refractivity contribution is 0.00336. The first kappa shape index (κ1) is 13.0. The average Bonchev–Trinajstić information content (AvgIpc) is 2.45. The fourth-order valence-electron chi connectivity index (χ4n) is 1.89. The maximum Gasteiger partial charge on any atom is 0.224 e. The summed E-state index contributed by atoms with van der Waals surface area (Å²) < 4.78 is 5.42. The Hall–Kier alpha value is -1.40. The number of nitrogens with one attached hydrogen (secondary N) is 1. The van der Waals surface area contributed by atoms with Gasteiger partial charge in [0, 0.05) is 25.8 Å². The number of aliphatic hydroxyl groups is 1. The molecule has 1 aliphatic heterocycles. The van der Waals surface area contributed by atoms with Crippen LogP contribution in [-0.4, -0.2) is 54.0 Å². The molecule has 100 valence electrons. The van der Waals surface area contributed by atoms with Crippen molar-refractivity contribution in [1.29, 1.82) is 0 Å². The highest BCUT2D eigenvalue weighted by atomic mass is 16.5. The third-order valence-corrected chi connectivity index (χ3v) is 2.84. The second-order valence-electron chi connectivity index (χ2n) is 4.29. The van der Waals surface area contributed by atoms with Gasteiger partial charge in [0.05, 0.1) is 19.3 Å². The quantitative estimate of drug-likeness (QED) is 0.795. The molecule has 18 heavy (non-hydrogen) atoms. The molecule has 2 N–H and O–H groups in total. The molecule has 1 fully saturated rings. The number of ether oxygens (including phenoxy) is 1. The minimum Gasteiger partial charge on any atom is -0.394 e. The van der Waals surface area contributed by atoms with Crippen molar-refractivity contribution in [3.05, 3.63) is 12.3 Å². The second-order valence-corrected chi connectivity index (χ2v) is 4.29. The number of nitrogens with zero attached hydrogens (tertiary/aromatic N) is 3. The highest BCUT2D eigenvalue weighted by Gasteiger charge is 2.20. The SMILES string of the molecule is CCCNc1nccc(N2CCOC(CO)C2)n1. The second kappa shape index (κ2) is 6.51. The maximum absolute atomic E-state index is 9.13. The molecule has 0 spiro atoms. The number of anilines is 2. The van der Waals surface area contributed by atoms with Gasteiger partial charge in [-0.3, -0.25) is 0 Å². The Bertz CT molecular complexity index is 375. The zero-order valence-electron chi connectivity index (χ0n) is 10.7. The lowest BCUT2D eigenvalue weighted by Crippen LogP contribution is -2.44. The van der Waals surface area contributed by atoms with Gasteiger partial charge in [0.2, 0.25) is 5.95 Å². The predicted molar refractivity (Wildman–Crippen MR) is 69.9 cm³/mol. The molecule has 1 atom stereocenters. The minimum absolute atomic E-state index is 0.0442. The Balaban J connectivity index is 2.02. The van der Waals surface area contributed by atoms with Crippen molar-refractivity contribution in [2.75, 3.05) is 43.1 Å². The van der Waals surface area contributed by atoms with Crippen LogP contribution in [0.1, 0.15) is 13.3 Å². The topological polar surface area (TPSA) is 70.5 Å². The summed E-state index contributed by atoms with van der Waals surface area (Å²) >= 11 is 0. The predicted octanol–water partition coefficient (Wildman–Crippen LogP) is 0.496. The standard InChI is InChI=1S/C12H20N4O2/c1-2-4-13-12-14-5-3-11(15-12)16-6-7-18-10(8-16)9-17/h3,5,10,17H,2,4,6-9H2,1H3,(H,13,14,15). The van der Waals surface area contributed by atoms with E-state index < -0.39 is 0 Å². The van der Waals surface area contributed by atoms with E-state index in [0.29, 0.717) is 19.1 Å². The van der Waals surface area contributed by atoms with Gasteiger partial charge in [-0.2, -0.15) is 4.98 Å². The molecule has 2 rings (SSSR count). The molecule has 1 aromatic heterocycles. The third-order valence-electron chi connectivity index (χ3n) is 2.84. The number of hydrogen-bond acceptors (Lipinski definition) is 6. The molecular formula is C12H20N4O2. The van der Waals surface area contributed by atoms with Gasteiger partial charge in [0.15, 0.2) is 0 Å². The van der Waals surface area contributed by atoms with E-state index in [4.69, 9.17) is 9.84 Å². The van der Waals surface area contributed by atoms with E-state index in [0.717, 1.165) is 25.3 Å². The van der Waals surface area contributed by atoms with Gasteiger partial charge in [-0.15, -0.1) is 0 Å². The Labute approximate surface area is 107 Å². The fraction of sp³-hybridized carbons (Fsp3) is 0.667. The molecule has 0 amide bonds. The van der Waals surface area contributed by atoms with Gasteiger partial charge in [-0.25, -0.2) is 4.98 Å².